The summed E-state index contributed by atoms with van der Waals surface area (Å²) in [5.41, 5.74) is 0. The maximum absolute atomic E-state index is 12.2. The normalized spacial score (nSPS) is 24.8. The second-order valence-corrected chi connectivity index (χ2v) is 4.78. The van der Waals surface area contributed by atoms with Crippen LogP contribution in [0.5, 0.6) is 0 Å². The molecule has 0 aliphatic heterocycles. The third-order valence-electron chi connectivity index (χ3n) is 3.55. The van der Waals surface area contributed by atoms with Gasteiger partial charge in [0.2, 0.25) is 5.91 Å². The van der Waals surface area contributed by atoms with Crippen LogP contribution in [0.2, 0.25) is 0 Å². The lowest BCUT2D eigenvalue weighted by atomic mass is 9.82. The molecule has 0 heterocycles. The van der Waals surface area contributed by atoms with E-state index in [1.165, 1.54) is 12.8 Å². The predicted octanol–water partition coefficient (Wildman–Crippen LogP) is 2.57. The molecule has 0 bridgehead atoms. The first kappa shape index (κ1) is 13.0. The molecule has 16 heavy (non-hydrogen) atoms. The standard InChI is InChI=1S/C13H22N2O/c1-3-15(10-4-9-14)13(16)12-7-5-11(2)6-8-12/h11-12H,3-8,10H2,1-2H3. The van der Waals surface area contributed by atoms with Gasteiger partial charge >= 0.3 is 0 Å². The molecular weight excluding hydrogens is 200 g/mol. The summed E-state index contributed by atoms with van der Waals surface area (Å²) in [4.78, 5) is 14.0. The Hall–Kier alpha value is -1.04. The number of amides is 1. The van der Waals surface area contributed by atoms with E-state index < -0.39 is 0 Å². The quantitative estimate of drug-likeness (QED) is 0.733. The Bertz CT molecular complexity index is 262. The number of nitriles is 1. The summed E-state index contributed by atoms with van der Waals surface area (Å²) in [6, 6.07) is 2.10. The van der Waals surface area contributed by atoms with Crippen LogP contribution in [0.3, 0.4) is 0 Å². The summed E-state index contributed by atoms with van der Waals surface area (Å²) in [6.45, 7) is 5.57. The van der Waals surface area contributed by atoms with E-state index >= 15 is 0 Å². The van der Waals surface area contributed by atoms with Crippen molar-refractivity contribution in [2.24, 2.45) is 11.8 Å². The number of carbonyl (C=O) groups excluding carboxylic acids is 1. The van der Waals surface area contributed by atoms with Crippen LogP contribution in [0.25, 0.3) is 0 Å². The molecule has 0 unspecified atom stereocenters. The van der Waals surface area contributed by atoms with E-state index in [1.807, 2.05) is 11.8 Å². The van der Waals surface area contributed by atoms with Crippen molar-refractivity contribution in [2.45, 2.75) is 46.0 Å². The van der Waals surface area contributed by atoms with Gasteiger partial charge in [-0.15, -0.1) is 0 Å². The Balaban J connectivity index is 2.45. The summed E-state index contributed by atoms with van der Waals surface area (Å²) in [5, 5.41) is 8.55. The highest BCUT2D eigenvalue weighted by Gasteiger charge is 2.27. The fourth-order valence-electron chi connectivity index (χ4n) is 2.37. The molecule has 1 saturated carbocycles. The minimum Gasteiger partial charge on any atom is -0.342 e. The molecule has 3 heteroatoms. The van der Waals surface area contributed by atoms with Crippen LogP contribution in [0.4, 0.5) is 0 Å². The van der Waals surface area contributed by atoms with Crippen LogP contribution >= 0.6 is 0 Å². The first-order chi connectivity index (χ1) is 7.69. The van der Waals surface area contributed by atoms with Gasteiger partial charge in [-0.2, -0.15) is 5.26 Å². The minimum absolute atomic E-state index is 0.217. The van der Waals surface area contributed by atoms with Crippen molar-refractivity contribution in [2.75, 3.05) is 13.1 Å². The first-order valence-corrected chi connectivity index (χ1v) is 6.34. The number of rotatable bonds is 4. The third-order valence-corrected chi connectivity index (χ3v) is 3.55. The maximum atomic E-state index is 12.2. The van der Waals surface area contributed by atoms with Crippen molar-refractivity contribution in [1.82, 2.24) is 4.90 Å². The van der Waals surface area contributed by atoms with Crippen LogP contribution in [0, 0.1) is 23.2 Å². The Morgan fingerprint density at radius 2 is 2.00 bits per heavy atom. The van der Waals surface area contributed by atoms with E-state index in [0.29, 0.717) is 13.0 Å². The van der Waals surface area contributed by atoms with Crippen LogP contribution in [0.1, 0.15) is 46.0 Å². The SMILES string of the molecule is CCN(CCC#N)C(=O)C1CCC(C)CC1. The number of hydrogen-bond acceptors (Lipinski definition) is 2. The summed E-state index contributed by atoms with van der Waals surface area (Å²) in [5.74, 6) is 1.26. The molecule has 90 valence electrons. The minimum atomic E-state index is 0.217. The van der Waals surface area contributed by atoms with Crippen molar-refractivity contribution in [1.29, 1.82) is 5.26 Å². The monoisotopic (exact) mass is 222 g/mol. The van der Waals surface area contributed by atoms with Gasteiger partial charge in [0.15, 0.2) is 0 Å². The molecule has 1 aliphatic rings. The lowest BCUT2D eigenvalue weighted by Crippen LogP contribution is -2.38. The molecule has 0 aromatic heterocycles. The first-order valence-electron chi connectivity index (χ1n) is 6.34. The highest BCUT2D eigenvalue weighted by molar-refractivity contribution is 5.78. The van der Waals surface area contributed by atoms with Gasteiger partial charge in [-0.1, -0.05) is 6.92 Å². The van der Waals surface area contributed by atoms with E-state index in [2.05, 4.69) is 13.0 Å². The van der Waals surface area contributed by atoms with Crippen molar-refractivity contribution in [3.63, 3.8) is 0 Å². The van der Waals surface area contributed by atoms with Crippen LogP contribution in [0.15, 0.2) is 0 Å². The highest BCUT2D eigenvalue weighted by atomic mass is 16.2. The lowest BCUT2D eigenvalue weighted by molar-refractivity contribution is -0.136. The highest BCUT2D eigenvalue weighted by Crippen LogP contribution is 2.29. The maximum Gasteiger partial charge on any atom is 0.225 e. The third kappa shape index (κ3) is 3.52. The average molecular weight is 222 g/mol. The Morgan fingerprint density at radius 3 is 2.50 bits per heavy atom. The van der Waals surface area contributed by atoms with Gasteiger partial charge in [0.25, 0.3) is 0 Å². The molecule has 0 aromatic rings. The van der Waals surface area contributed by atoms with Crippen molar-refractivity contribution < 1.29 is 4.79 Å². The summed E-state index contributed by atoms with van der Waals surface area (Å²) in [6.07, 6.45) is 4.85. The van der Waals surface area contributed by atoms with E-state index in [-0.39, 0.29) is 11.8 Å². The van der Waals surface area contributed by atoms with Gasteiger partial charge in [0, 0.05) is 19.0 Å². The van der Waals surface area contributed by atoms with Gasteiger partial charge in [0.05, 0.1) is 12.5 Å². The Kier molecular flexibility index (Phi) is 5.31. The molecule has 0 radical (unpaired) electrons. The fourth-order valence-corrected chi connectivity index (χ4v) is 2.37. The average Bonchev–Trinajstić information content (AvgIpc) is 2.30. The van der Waals surface area contributed by atoms with E-state index in [9.17, 15) is 4.79 Å². The van der Waals surface area contributed by atoms with Crippen LogP contribution in [-0.4, -0.2) is 23.9 Å². The predicted molar refractivity (Wildman–Crippen MR) is 63.6 cm³/mol. The van der Waals surface area contributed by atoms with Gasteiger partial charge < -0.3 is 4.90 Å². The fraction of sp³-hybridized carbons (Fsp3) is 0.846. The molecule has 3 nitrogen and oxygen atoms in total. The molecule has 1 rings (SSSR count). The van der Waals surface area contributed by atoms with Gasteiger partial charge in [-0.25, -0.2) is 0 Å². The molecule has 1 aliphatic carbocycles. The van der Waals surface area contributed by atoms with E-state index in [0.717, 1.165) is 25.3 Å². The van der Waals surface area contributed by atoms with E-state index in [4.69, 9.17) is 5.26 Å². The molecule has 1 fully saturated rings. The van der Waals surface area contributed by atoms with Gasteiger partial charge in [0.1, 0.15) is 0 Å². The second-order valence-electron chi connectivity index (χ2n) is 4.78. The van der Waals surface area contributed by atoms with Crippen molar-refractivity contribution in [3.05, 3.63) is 0 Å². The Morgan fingerprint density at radius 1 is 1.38 bits per heavy atom. The molecule has 0 atom stereocenters. The van der Waals surface area contributed by atoms with Crippen LogP contribution in [-0.2, 0) is 4.79 Å². The van der Waals surface area contributed by atoms with Crippen molar-refractivity contribution >= 4 is 5.91 Å². The lowest BCUT2D eigenvalue weighted by Gasteiger charge is -2.30. The smallest absolute Gasteiger partial charge is 0.225 e. The number of nitrogens with zero attached hydrogens (tertiary/aromatic N) is 2. The van der Waals surface area contributed by atoms with Crippen molar-refractivity contribution in [3.8, 4) is 6.07 Å². The van der Waals surface area contributed by atoms with Gasteiger partial charge in [-0.05, 0) is 38.5 Å². The topological polar surface area (TPSA) is 44.1 Å². The molecule has 1 amide bonds. The van der Waals surface area contributed by atoms with E-state index in [1.54, 1.807) is 0 Å². The number of hydrogen-bond donors (Lipinski definition) is 0. The zero-order chi connectivity index (χ0) is 12.0. The second kappa shape index (κ2) is 6.52. The zero-order valence-electron chi connectivity index (χ0n) is 10.4. The molecule has 0 aromatic carbocycles. The van der Waals surface area contributed by atoms with Crippen LogP contribution < -0.4 is 0 Å². The Labute approximate surface area is 98.4 Å². The molecule has 0 N–H and O–H groups in total. The summed E-state index contributed by atoms with van der Waals surface area (Å²) >= 11 is 0. The summed E-state index contributed by atoms with van der Waals surface area (Å²) in [7, 11) is 0. The molecule has 0 spiro atoms. The zero-order valence-corrected chi connectivity index (χ0v) is 10.4. The summed E-state index contributed by atoms with van der Waals surface area (Å²) < 4.78 is 0. The number of carbonyl (C=O) groups is 1. The largest absolute Gasteiger partial charge is 0.342 e. The molecule has 0 saturated heterocycles. The van der Waals surface area contributed by atoms with Gasteiger partial charge in [-0.3, -0.25) is 4.79 Å². The molecular formula is C13H22N2O.